The maximum absolute atomic E-state index is 13.0. The number of hydrogen-bond acceptors (Lipinski definition) is 7. The van der Waals surface area contributed by atoms with Gasteiger partial charge in [-0.2, -0.15) is 15.6 Å². The van der Waals surface area contributed by atoms with Crippen LogP contribution in [-0.4, -0.2) is 49.0 Å². The van der Waals surface area contributed by atoms with Crippen molar-refractivity contribution in [3.8, 4) is 11.4 Å². The summed E-state index contributed by atoms with van der Waals surface area (Å²) in [5.74, 6) is 1.36. The van der Waals surface area contributed by atoms with E-state index in [0.717, 1.165) is 33.4 Å². The fraction of sp³-hybridized carbons (Fsp3) is 0.250. The van der Waals surface area contributed by atoms with Crippen LogP contribution < -0.4 is 5.32 Å². The second kappa shape index (κ2) is 9.56. The molecule has 9 heteroatoms. The SMILES string of the molecule is O=S(=O)(Cc1ccccc1CNc1nc(-c2ccsc2)nc2ccccc12)N1CCOCC1. The van der Waals surface area contributed by atoms with Crippen LogP contribution >= 0.6 is 11.3 Å². The molecule has 1 N–H and O–H groups in total. The van der Waals surface area contributed by atoms with E-state index in [1.54, 1.807) is 11.3 Å². The summed E-state index contributed by atoms with van der Waals surface area (Å²) in [5.41, 5.74) is 3.55. The smallest absolute Gasteiger partial charge is 0.218 e. The molecule has 33 heavy (non-hydrogen) atoms. The molecule has 0 atom stereocenters. The van der Waals surface area contributed by atoms with E-state index in [1.807, 2.05) is 65.4 Å². The highest BCUT2D eigenvalue weighted by Crippen LogP contribution is 2.27. The zero-order valence-corrected chi connectivity index (χ0v) is 19.6. The number of para-hydroxylation sites is 1. The number of benzene rings is 2. The second-order valence-corrected chi connectivity index (χ2v) is 10.6. The van der Waals surface area contributed by atoms with Gasteiger partial charge in [-0.15, -0.1) is 0 Å². The molecule has 0 amide bonds. The summed E-state index contributed by atoms with van der Waals surface area (Å²) in [6.07, 6.45) is 0. The van der Waals surface area contributed by atoms with Crippen molar-refractivity contribution >= 4 is 38.1 Å². The fourth-order valence-electron chi connectivity index (χ4n) is 3.89. The number of nitrogens with one attached hydrogen (secondary N) is 1. The van der Waals surface area contributed by atoms with E-state index in [1.165, 1.54) is 4.31 Å². The van der Waals surface area contributed by atoms with Gasteiger partial charge in [0.15, 0.2) is 5.82 Å². The normalized spacial score (nSPS) is 15.0. The van der Waals surface area contributed by atoms with Gasteiger partial charge in [0.05, 0.1) is 24.5 Å². The Balaban J connectivity index is 1.41. The van der Waals surface area contributed by atoms with Crippen LogP contribution in [0.4, 0.5) is 5.82 Å². The van der Waals surface area contributed by atoms with Crippen LogP contribution in [-0.2, 0) is 27.1 Å². The number of morpholine rings is 1. The molecule has 3 heterocycles. The lowest BCUT2D eigenvalue weighted by atomic mass is 10.1. The van der Waals surface area contributed by atoms with Gasteiger partial charge in [0.1, 0.15) is 5.82 Å². The van der Waals surface area contributed by atoms with Crippen LogP contribution in [0.1, 0.15) is 11.1 Å². The Kier molecular flexibility index (Phi) is 6.37. The summed E-state index contributed by atoms with van der Waals surface area (Å²) in [5, 5.41) is 8.40. The molecule has 0 unspecified atom stereocenters. The molecule has 0 radical (unpaired) electrons. The van der Waals surface area contributed by atoms with Gasteiger partial charge < -0.3 is 10.1 Å². The third-order valence-electron chi connectivity index (χ3n) is 5.65. The van der Waals surface area contributed by atoms with Crippen LogP contribution in [0, 0.1) is 0 Å². The predicted molar refractivity (Wildman–Crippen MR) is 132 cm³/mol. The highest BCUT2D eigenvalue weighted by atomic mass is 32.2. The Hall–Kier alpha value is -2.85. The Morgan fingerprint density at radius 1 is 0.970 bits per heavy atom. The molecule has 7 nitrogen and oxygen atoms in total. The van der Waals surface area contributed by atoms with E-state index in [0.29, 0.717) is 38.7 Å². The van der Waals surface area contributed by atoms with Crippen molar-refractivity contribution in [2.45, 2.75) is 12.3 Å². The van der Waals surface area contributed by atoms with Crippen LogP contribution in [0.5, 0.6) is 0 Å². The average Bonchev–Trinajstić information content (AvgIpc) is 3.39. The molecule has 1 aliphatic rings. The number of rotatable bonds is 7. The molecule has 4 aromatic rings. The lowest BCUT2D eigenvalue weighted by Crippen LogP contribution is -2.41. The average molecular weight is 481 g/mol. The molecule has 170 valence electrons. The number of sulfonamides is 1. The molecule has 0 saturated carbocycles. The van der Waals surface area contributed by atoms with Crippen molar-refractivity contribution in [1.82, 2.24) is 14.3 Å². The van der Waals surface area contributed by atoms with E-state index in [4.69, 9.17) is 14.7 Å². The van der Waals surface area contributed by atoms with E-state index >= 15 is 0 Å². The Bertz CT molecular complexity index is 1350. The van der Waals surface area contributed by atoms with Crippen LogP contribution in [0.25, 0.3) is 22.3 Å². The summed E-state index contributed by atoms with van der Waals surface area (Å²) in [6.45, 7) is 2.15. The first kappa shape index (κ1) is 22.0. The minimum atomic E-state index is -3.41. The summed E-state index contributed by atoms with van der Waals surface area (Å²) in [4.78, 5) is 9.49. The Morgan fingerprint density at radius 3 is 2.52 bits per heavy atom. The molecule has 0 bridgehead atoms. The van der Waals surface area contributed by atoms with Gasteiger partial charge in [-0.05, 0) is 34.7 Å². The Labute approximate surface area is 197 Å². The number of anilines is 1. The lowest BCUT2D eigenvalue weighted by molar-refractivity contribution is 0.0729. The molecule has 1 aliphatic heterocycles. The van der Waals surface area contributed by atoms with Gasteiger partial charge >= 0.3 is 0 Å². The maximum Gasteiger partial charge on any atom is 0.218 e. The van der Waals surface area contributed by atoms with Crippen LogP contribution in [0.15, 0.2) is 65.4 Å². The molecule has 1 fully saturated rings. The van der Waals surface area contributed by atoms with Gasteiger partial charge in [0, 0.05) is 36.0 Å². The zero-order valence-electron chi connectivity index (χ0n) is 18.0. The Morgan fingerprint density at radius 2 is 1.73 bits per heavy atom. The molecular weight excluding hydrogens is 456 g/mol. The number of hydrogen-bond donors (Lipinski definition) is 1. The quantitative estimate of drug-likeness (QED) is 0.428. The molecule has 0 spiro atoms. The van der Waals surface area contributed by atoms with Gasteiger partial charge in [-0.3, -0.25) is 0 Å². The standard InChI is InChI=1S/C24H24N4O3S2/c29-33(30,28-10-12-31-13-11-28)17-20-6-2-1-5-18(20)15-25-24-21-7-3-4-8-22(21)26-23(27-24)19-9-14-32-16-19/h1-9,14,16H,10-13,15,17H2,(H,25,26,27). The molecule has 2 aromatic heterocycles. The third kappa shape index (κ3) is 4.91. The van der Waals surface area contributed by atoms with E-state index in [2.05, 4.69) is 5.32 Å². The predicted octanol–water partition coefficient (Wildman–Crippen LogP) is 4.13. The van der Waals surface area contributed by atoms with Gasteiger partial charge in [-0.25, -0.2) is 18.4 Å². The topological polar surface area (TPSA) is 84.4 Å². The van der Waals surface area contributed by atoms with Crippen molar-refractivity contribution in [1.29, 1.82) is 0 Å². The minimum Gasteiger partial charge on any atom is -0.379 e. The second-order valence-electron chi connectivity index (χ2n) is 7.81. The van der Waals surface area contributed by atoms with Crippen molar-refractivity contribution in [3.05, 3.63) is 76.5 Å². The summed E-state index contributed by atoms with van der Waals surface area (Å²) in [7, 11) is -3.41. The highest BCUT2D eigenvalue weighted by molar-refractivity contribution is 7.88. The molecule has 5 rings (SSSR count). The van der Waals surface area contributed by atoms with Crippen molar-refractivity contribution in [3.63, 3.8) is 0 Å². The number of ether oxygens (including phenoxy) is 1. The summed E-state index contributed by atoms with van der Waals surface area (Å²) < 4.78 is 32.7. The molecule has 2 aromatic carbocycles. The molecule has 0 aliphatic carbocycles. The first-order chi connectivity index (χ1) is 16.1. The van der Waals surface area contributed by atoms with E-state index < -0.39 is 10.0 Å². The first-order valence-electron chi connectivity index (χ1n) is 10.8. The first-order valence-corrected chi connectivity index (χ1v) is 13.3. The van der Waals surface area contributed by atoms with Crippen molar-refractivity contribution in [2.75, 3.05) is 31.6 Å². The molecule has 1 saturated heterocycles. The van der Waals surface area contributed by atoms with E-state index in [-0.39, 0.29) is 5.75 Å². The van der Waals surface area contributed by atoms with Crippen molar-refractivity contribution < 1.29 is 13.2 Å². The summed E-state index contributed by atoms with van der Waals surface area (Å²) in [6, 6.07) is 17.5. The minimum absolute atomic E-state index is 0.0322. The largest absolute Gasteiger partial charge is 0.379 e. The van der Waals surface area contributed by atoms with Crippen LogP contribution in [0.3, 0.4) is 0 Å². The molecular formula is C24H24N4O3S2. The van der Waals surface area contributed by atoms with E-state index in [9.17, 15) is 8.42 Å². The number of nitrogens with zero attached hydrogens (tertiary/aromatic N) is 3. The van der Waals surface area contributed by atoms with Gasteiger partial charge in [-0.1, -0.05) is 36.4 Å². The lowest BCUT2D eigenvalue weighted by Gasteiger charge is -2.26. The third-order valence-corrected chi connectivity index (χ3v) is 8.16. The van der Waals surface area contributed by atoms with Gasteiger partial charge in [0.2, 0.25) is 10.0 Å². The number of aromatic nitrogens is 2. The summed E-state index contributed by atoms with van der Waals surface area (Å²) >= 11 is 1.61. The van der Waals surface area contributed by atoms with Crippen molar-refractivity contribution in [2.24, 2.45) is 0 Å². The highest BCUT2D eigenvalue weighted by Gasteiger charge is 2.25. The zero-order chi connectivity index (χ0) is 22.7. The maximum atomic E-state index is 13.0. The monoisotopic (exact) mass is 480 g/mol. The van der Waals surface area contributed by atoms with Crippen LogP contribution in [0.2, 0.25) is 0 Å². The fourth-order valence-corrected chi connectivity index (χ4v) is 6.09. The number of fused-ring (bicyclic) bond motifs is 1. The number of thiophene rings is 1. The van der Waals surface area contributed by atoms with Gasteiger partial charge in [0.25, 0.3) is 0 Å².